The number of ether oxygens (including phenoxy) is 1. The van der Waals surface area contributed by atoms with Crippen LogP contribution < -0.4 is 5.32 Å². The molecular weight excluding hydrogens is 408 g/mol. The fourth-order valence-electron chi connectivity index (χ4n) is 3.80. The standard InChI is InChI=1S/C25H35ClN4O/c1-6-11-20(25(2,3)4)27-24-23-19(16-21(26)28-24)30(5)22(29-23)14-10-15-31-17-18-12-8-7-9-13-18/h7-9,12-13,16,20H,6,10-11,14-15,17H2,1-5H3,(H,27,28). The SMILES string of the molecule is CCCC(Nc1nc(Cl)cc2c1nc(CCCOCc1ccccc1)n2C)C(C)(C)C. The van der Waals surface area contributed by atoms with Gasteiger partial charge in [0.2, 0.25) is 0 Å². The monoisotopic (exact) mass is 442 g/mol. The van der Waals surface area contributed by atoms with Crippen molar-refractivity contribution in [1.29, 1.82) is 0 Å². The summed E-state index contributed by atoms with van der Waals surface area (Å²) in [6.45, 7) is 10.3. The van der Waals surface area contributed by atoms with Crippen molar-refractivity contribution >= 4 is 28.5 Å². The van der Waals surface area contributed by atoms with Crippen molar-refractivity contribution in [2.45, 2.75) is 66.0 Å². The van der Waals surface area contributed by atoms with Crippen molar-refractivity contribution in [2.24, 2.45) is 12.5 Å². The van der Waals surface area contributed by atoms with Crippen molar-refractivity contribution in [3.63, 3.8) is 0 Å². The van der Waals surface area contributed by atoms with Gasteiger partial charge >= 0.3 is 0 Å². The van der Waals surface area contributed by atoms with Crippen LogP contribution in [0.2, 0.25) is 5.15 Å². The van der Waals surface area contributed by atoms with Gasteiger partial charge in [-0.1, -0.05) is 76.0 Å². The Morgan fingerprint density at radius 2 is 1.90 bits per heavy atom. The maximum Gasteiger partial charge on any atom is 0.156 e. The van der Waals surface area contributed by atoms with Gasteiger partial charge in [0.15, 0.2) is 5.82 Å². The minimum absolute atomic E-state index is 0.111. The number of fused-ring (bicyclic) bond motifs is 1. The van der Waals surface area contributed by atoms with Crippen LogP contribution in [0.25, 0.3) is 11.0 Å². The molecule has 2 aromatic heterocycles. The van der Waals surface area contributed by atoms with E-state index < -0.39 is 0 Å². The Morgan fingerprint density at radius 1 is 1.16 bits per heavy atom. The number of aryl methyl sites for hydroxylation is 2. The smallest absolute Gasteiger partial charge is 0.156 e. The third kappa shape index (κ3) is 6.20. The summed E-state index contributed by atoms with van der Waals surface area (Å²) in [5.74, 6) is 1.80. The van der Waals surface area contributed by atoms with E-state index in [1.807, 2.05) is 31.3 Å². The molecule has 0 aliphatic rings. The molecule has 0 saturated heterocycles. The highest BCUT2D eigenvalue weighted by molar-refractivity contribution is 6.30. The second-order valence-electron chi connectivity index (χ2n) is 9.24. The molecule has 0 bridgehead atoms. The predicted octanol–water partition coefficient (Wildman–Crippen LogP) is 6.40. The Hall–Kier alpha value is -2.11. The summed E-state index contributed by atoms with van der Waals surface area (Å²) in [7, 11) is 2.04. The molecule has 0 aliphatic heterocycles. The van der Waals surface area contributed by atoms with E-state index in [0.717, 1.165) is 48.4 Å². The molecule has 0 aliphatic carbocycles. The first-order chi connectivity index (χ1) is 14.8. The van der Waals surface area contributed by atoms with Gasteiger partial charge in [-0.15, -0.1) is 0 Å². The first-order valence-corrected chi connectivity index (χ1v) is 11.6. The molecular formula is C25H35ClN4O. The summed E-state index contributed by atoms with van der Waals surface area (Å²) in [4.78, 5) is 9.52. The zero-order valence-corrected chi connectivity index (χ0v) is 20.2. The molecule has 6 heteroatoms. The molecule has 0 amide bonds. The molecule has 2 heterocycles. The zero-order valence-electron chi connectivity index (χ0n) is 19.4. The van der Waals surface area contributed by atoms with Gasteiger partial charge < -0.3 is 14.6 Å². The van der Waals surface area contributed by atoms with Gasteiger partial charge in [0.25, 0.3) is 0 Å². The second kappa shape index (κ2) is 10.5. The normalized spacial score (nSPS) is 13.0. The fraction of sp³-hybridized carbons (Fsp3) is 0.520. The van der Waals surface area contributed by atoms with Crippen LogP contribution >= 0.6 is 11.6 Å². The number of anilines is 1. The Balaban J connectivity index is 1.70. The molecule has 0 fully saturated rings. The highest BCUT2D eigenvalue weighted by atomic mass is 35.5. The van der Waals surface area contributed by atoms with E-state index in [4.69, 9.17) is 21.3 Å². The van der Waals surface area contributed by atoms with Crippen LogP contribution in [0.5, 0.6) is 0 Å². The average molecular weight is 443 g/mol. The topological polar surface area (TPSA) is 52.0 Å². The maximum atomic E-state index is 6.37. The van der Waals surface area contributed by atoms with Crippen molar-refractivity contribution in [2.75, 3.05) is 11.9 Å². The van der Waals surface area contributed by atoms with Crippen molar-refractivity contribution in [3.05, 3.63) is 52.9 Å². The fourth-order valence-corrected chi connectivity index (χ4v) is 3.99. The number of nitrogens with one attached hydrogen (secondary N) is 1. The number of halogens is 1. The summed E-state index contributed by atoms with van der Waals surface area (Å²) >= 11 is 6.37. The summed E-state index contributed by atoms with van der Waals surface area (Å²) in [6, 6.07) is 12.5. The number of nitrogens with zero attached hydrogens (tertiary/aromatic N) is 3. The molecule has 0 saturated carbocycles. The molecule has 5 nitrogen and oxygen atoms in total. The first kappa shape index (κ1) is 23.6. The van der Waals surface area contributed by atoms with Gasteiger partial charge in [-0.05, 0) is 23.8 Å². The largest absolute Gasteiger partial charge is 0.377 e. The van der Waals surface area contributed by atoms with Crippen LogP contribution in [-0.4, -0.2) is 27.2 Å². The van der Waals surface area contributed by atoms with Crippen LogP contribution in [0.4, 0.5) is 5.82 Å². The average Bonchev–Trinajstić information content (AvgIpc) is 3.03. The van der Waals surface area contributed by atoms with Gasteiger partial charge in [-0.25, -0.2) is 9.97 Å². The molecule has 0 spiro atoms. The lowest BCUT2D eigenvalue weighted by atomic mass is 9.84. The quantitative estimate of drug-likeness (QED) is 0.291. The third-order valence-corrected chi connectivity index (χ3v) is 5.86. The second-order valence-corrected chi connectivity index (χ2v) is 9.63. The maximum absolute atomic E-state index is 6.37. The number of imidazole rings is 1. The molecule has 3 aromatic rings. The predicted molar refractivity (Wildman–Crippen MR) is 130 cm³/mol. The lowest BCUT2D eigenvalue weighted by Gasteiger charge is -2.32. The molecule has 3 rings (SSSR count). The highest BCUT2D eigenvalue weighted by Gasteiger charge is 2.25. The number of benzene rings is 1. The Kier molecular flexibility index (Phi) is 7.95. The summed E-state index contributed by atoms with van der Waals surface area (Å²) in [5.41, 5.74) is 3.20. The zero-order chi connectivity index (χ0) is 22.4. The molecule has 1 atom stereocenters. The van der Waals surface area contributed by atoms with E-state index in [1.165, 1.54) is 5.56 Å². The molecule has 0 radical (unpaired) electrons. The van der Waals surface area contributed by atoms with Gasteiger partial charge in [0, 0.05) is 32.2 Å². The number of hydrogen-bond acceptors (Lipinski definition) is 4. The summed E-state index contributed by atoms with van der Waals surface area (Å²) in [6.07, 6.45) is 3.93. The molecule has 31 heavy (non-hydrogen) atoms. The van der Waals surface area contributed by atoms with Crippen LogP contribution in [0, 0.1) is 5.41 Å². The number of hydrogen-bond donors (Lipinski definition) is 1. The highest BCUT2D eigenvalue weighted by Crippen LogP contribution is 2.31. The van der Waals surface area contributed by atoms with E-state index in [-0.39, 0.29) is 5.41 Å². The lowest BCUT2D eigenvalue weighted by Crippen LogP contribution is -2.34. The molecule has 1 aromatic carbocycles. The van der Waals surface area contributed by atoms with Gasteiger partial charge in [0.05, 0.1) is 12.1 Å². The van der Waals surface area contributed by atoms with E-state index in [2.05, 4.69) is 54.7 Å². The Labute approximate surface area is 191 Å². The van der Waals surface area contributed by atoms with E-state index >= 15 is 0 Å². The van der Waals surface area contributed by atoms with E-state index in [1.54, 1.807) is 0 Å². The number of aromatic nitrogens is 3. The van der Waals surface area contributed by atoms with E-state index in [0.29, 0.717) is 24.4 Å². The summed E-state index contributed by atoms with van der Waals surface area (Å²) < 4.78 is 7.95. The van der Waals surface area contributed by atoms with Gasteiger partial charge in [-0.3, -0.25) is 0 Å². The van der Waals surface area contributed by atoms with Gasteiger partial charge in [-0.2, -0.15) is 0 Å². The van der Waals surface area contributed by atoms with Crippen LogP contribution in [0.15, 0.2) is 36.4 Å². The molecule has 1 unspecified atom stereocenters. The number of pyridine rings is 1. The Morgan fingerprint density at radius 3 is 2.58 bits per heavy atom. The third-order valence-electron chi connectivity index (χ3n) is 5.67. The molecule has 168 valence electrons. The lowest BCUT2D eigenvalue weighted by molar-refractivity contribution is 0.118. The first-order valence-electron chi connectivity index (χ1n) is 11.2. The van der Waals surface area contributed by atoms with Crippen LogP contribution in [0.3, 0.4) is 0 Å². The minimum Gasteiger partial charge on any atom is -0.377 e. The Bertz CT molecular complexity index is 979. The summed E-state index contributed by atoms with van der Waals surface area (Å²) in [5, 5.41) is 4.13. The van der Waals surface area contributed by atoms with Crippen molar-refractivity contribution < 1.29 is 4.74 Å². The van der Waals surface area contributed by atoms with Gasteiger partial charge in [0.1, 0.15) is 16.5 Å². The van der Waals surface area contributed by atoms with Crippen LogP contribution in [-0.2, 0) is 24.8 Å². The van der Waals surface area contributed by atoms with Crippen molar-refractivity contribution in [3.8, 4) is 0 Å². The van der Waals surface area contributed by atoms with Crippen molar-refractivity contribution in [1.82, 2.24) is 14.5 Å². The molecule has 1 N–H and O–H groups in total. The van der Waals surface area contributed by atoms with E-state index in [9.17, 15) is 0 Å². The number of rotatable bonds is 10. The minimum atomic E-state index is 0.111. The van der Waals surface area contributed by atoms with Crippen LogP contribution in [0.1, 0.15) is 58.3 Å².